The molecule has 0 saturated heterocycles. The van der Waals surface area contributed by atoms with Crippen LogP contribution in [0.3, 0.4) is 0 Å². The molecule has 1 aromatic heterocycles. The van der Waals surface area contributed by atoms with E-state index in [1.807, 2.05) is 27.7 Å². The Hall–Kier alpha value is -2.48. The predicted molar refractivity (Wildman–Crippen MR) is 155 cm³/mol. The number of ether oxygens (including phenoxy) is 3. The van der Waals surface area contributed by atoms with Crippen LogP contribution in [0.2, 0.25) is 30.7 Å². The molecule has 1 amide bonds. The number of carbonyl (C=O) groups is 2. The lowest BCUT2D eigenvalue weighted by Crippen LogP contribution is -2.43. The quantitative estimate of drug-likeness (QED) is 0.172. The van der Waals surface area contributed by atoms with Gasteiger partial charge in [0.25, 0.3) is 0 Å². The molecule has 0 saturated carbocycles. The lowest BCUT2D eigenvalue weighted by Gasteiger charge is -2.31. The van der Waals surface area contributed by atoms with Gasteiger partial charge in [0.05, 0.1) is 21.9 Å². The summed E-state index contributed by atoms with van der Waals surface area (Å²) in [5.41, 5.74) is -0.0112. The Morgan fingerprint density at radius 3 is 2.27 bits per heavy atom. The molecule has 2 aromatic rings. The number of rotatable bonds is 12. The van der Waals surface area contributed by atoms with Crippen LogP contribution in [0.15, 0.2) is 23.2 Å². The van der Waals surface area contributed by atoms with Crippen LogP contribution in [0.25, 0.3) is 0 Å². The number of esters is 1. The van der Waals surface area contributed by atoms with Crippen molar-refractivity contribution >= 4 is 41.5 Å². The molecular weight excluding hydrogens is 579 g/mol. The number of carbonyl (C=O) groups excluding carboxylic acids is 2. The van der Waals surface area contributed by atoms with Gasteiger partial charge in [-0.3, -0.25) is 4.57 Å². The second kappa shape index (κ2) is 13.5. The highest BCUT2D eigenvalue weighted by Crippen LogP contribution is 2.33. The van der Waals surface area contributed by atoms with Gasteiger partial charge in [-0.1, -0.05) is 37.3 Å². The van der Waals surface area contributed by atoms with Crippen molar-refractivity contribution in [3.63, 3.8) is 0 Å². The average Bonchev–Trinajstić information content (AvgIpc) is 3.20. The summed E-state index contributed by atoms with van der Waals surface area (Å²) in [5, 5.41) is -0.567. The van der Waals surface area contributed by atoms with Gasteiger partial charge >= 0.3 is 12.1 Å². The number of imidazole rings is 1. The molecule has 1 N–H and O–H groups in total. The van der Waals surface area contributed by atoms with Crippen LogP contribution in [0.5, 0.6) is 0 Å². The van der Waals surface area contributed by atoms with E-state index in [4.69, 9.17) is 30.6 Å². The first-order chi connectivity index (χ1) is 18.4. The minimum atomic E-state index is -3.56. The summed E-state index contributed by atoms with van der Waals surface area (Å²) in [6, 6.07) is 4.16. The molecular formula is C26H40ClFN4O6SSi. The van der Waals surface area contributed by atoms with Gasteiger partial charge in [-0.25, -0.2) is 28.0 Å². The van der Waals surface area contributed by atoms with Crippen molar-refractivity contribution in [3.05, 3.63) is 46.1 Å². The lowest BCUT2D eigenvalue weighted by atomic mass is 10.1. The SMILES string of the molecule is COC(=O)c1c(S(C)(=N)=O)nc(C(OC(=O)N(C(C)C)C(C)C)c2ccc(F)c(Cl)c2)n1COCC[Si](C)(C)C. The number of aromatic nitrogens is 2. The molecule has 2 rings (SSSR count). The zero-order valence-electron chi connectivity index (χ0n) is 24.5. The van der Waals surface area contributed by atoms with Crippen LogP contribution in [0.1, 0.15) is 55.7 Å². The lowest BCUT2D eigenvalue weighted by molar-refractivity contribution is 0.0425. The molecule has 40 heavy (non-hydrogen) atoms. The van der Waals surface area contributed by atoms with E-state index < -0.39 is 41.8 Å². The van der Waals surface area contributed by atoms with Crippen molar-refractivity contribution < 1.29 is 32.4 Å². The fourth-order valence-corrected chi connectivity index (χ4v) is 5.78. The van der Waals surface area contributed by atoms with Gasteiger partial charge in [-0.15, -0.1) is 0 Å². The largest absolute Gasteiger partial charge is 0.464 e. The predicted octanol–water partition coefficient (Wildman–Crippen LogP) is 6.15. The van der Waals surface area contributed by atoms with Crippen molar-refractivity contribution in [2.24, 2.45) is 0 Å². The molecule has 0 spiro atoms. The first-order valence-electron chi connectivity index (χ1n) is 12.8. The van der Waals surface area contributed by atoms with Gasteiger partial charge in [0.15, 0.2) is 22.6 Å². The van der Waals surface area contributed by atoms with Gasteiger partial charge in [0.2, 0.25) is 0 Å². The summed E-state index contributed by atoms with van der Waals surface area (Å²) in [4.78, 5) is 32.3. The van der Waals surface area contributed by atoms with Crippen molar-refractivity contribution in [1.29, 1.82) is 4.78 Å². The number of nitrogens with zero attached hydrogens (tertiary/aromatic N) is 3. The maximum atomic E-state index is 14.1. The minimum Gasteiger partial charge on any atom is -0.464 e. The average molecular weight is 619 g/mol. The second-order valence-corrected chi connectivity index (χ2v) is 19.4. The van der Waals surface area contributed by atoms with Crippen LogP contribution in [0, 0.1) is 10.6 Å². The van der Waals surface area contributed by atoms with E-state index in [0.717, 1.165) is 25.5 Å². The van der Waals surface area contributed by atoms with Crippen LogP contribution >= 0.6 is 11.6 Å². The molecule has 2 atom stereocenters. The third-order valence-corrected chi connectivity index (χ3v) is 8.97. The van der Waals surface area contributed by atoms with Crippen molar-refractivity contribution in [2.75, 3.05) is 20.0 Å². The number of hydrogen-bond acceptors (Lipinski definition) is 8. The zero-order valence-corrected chi connectivity index (χ0v) is 27.1. The van der Waals surface area contributed by atoms with E-state index in [1.165, 1.54) is 21.6 Å². The molecule has 14 heteroatoms. The number of benzene rings is 1. The van der Waals surface area contributed by atoms with Crippen LogP contribution < -0.4 is 0 Å². The number of halogens is 2. The Kier molecular flexibility index (Phi) is 11.3. The number of hydrogen-bond donors (Lipinski definition) is 1. The Morgan fingerprint density at radius 2 is 1.80 bits per heavy atom. The molecule has 1 heterocycles. The highest BCUT2D eigenvalue weighted by molar-refractivity contribution is 7.91. The van der Waals surface area contributed by atoms with E-state index in [9.17, 15) is 18.2 Å². The van der Waals surface area contributed by atoms with Crippen molar-refractivity contribution in [3.8, 4) is 0 Å². The molecule has 224 valence electrons. The standard InChI is InChI=1S/C26H40ClFN4O6SSi/c1-16(2)32(17(3)4)26(34)38-22(18-10-11-20(28)19(27)14-18)23-30-24(39(6,29)35)21(25(33)36-5)31(23)15-37-12-13-40(7,8)9/h10-11,14,16-17,22,29H,12-13,15H2,1-9H3. The van der Waals surface area contributed by atoms with E-state index in [2.05, 4.69) is 24.6 Å². The highest BCUT2D eigenvalue weighted by atomic mass is 35.5. The summed E-state index contributed by atoms with van der Waals surface area (Å²) in [5.74, 6) is -1.62. The van der Waals surface area contributed by atoms with Crippen LogP contribution in [-0.4, -0.2) is 70.9 Å². The molecule has 10 nitrogen and oxygen atoms in total. The molecule has 0 bridgehead atoms. The monoisotopic (exact) mass is 618 g/mol. The summed E-state index contributed by atoms with van der Waals surface area (Å²) in [7, 11) is -3.88. The summed E-state index contributed by atoms with van der Waals surface area (Å²) in [6.45, 7) is 14.0. The number of methoxy groups -OCH3 is 1. The summed E-state index contributed by atoms with van der Waals surface area (Å²) >= 11 is 6.09. The van der Waals surface area contributed by atoms with Gasteiger partial charge in [0.1, 0.15) is 12.5 Å². The van der Waals surface area contributed by atoms with Crippen molar-refractivity contribution in [1.82, 2.24) is 14.5 Å². The Labute approximate surface area is 242 Å². The third kappa shape index (κ3) is 8.51. The topological polar surface area (TPSA) is 124 Å². The van der Waals surface area contributed by atoms with E-state index in [0.29, 0.717) is 6.61 Å². The normalized spacial score (nSPS) is 14.2. The molecule has 0 aliphatic rings. The van der Waals surface area contributed by atoms with Gasteiger partial charge < -0.3 is 19.1 Å². The molecule has 0 fully saturated rings. The molecule has 0 radical (unpaired) electrons. The first kappa shape index (κ1) is 33.7. The fourth-order valence-electron chi connectivity index (χ4n) is 4.00. The molecule has 0 aliphatic heterocycles. The highest BCUT2D eigenvalue weighted by Gasteiger charge is 2.35. The van der Waals surface area contributed by atoms with Crippen LogP contribution in [0.4, 0.5) is 9.18 Å². The van der Waals surface area contributed by atoms with Gasteiger partial charge in [-0.05, 0) is 45.9 Å². The van der Waals surface area contributed by atoms with Gasteiger partial charge in [0, 0.05) is 38.6 Å². The molecule has 0 aliphatic carbocycles. The fraction of sp³-hybridized carbons (Fsp3) is 0.577. The number of nitrogens with one attached hydrogen (secondary N) is 1. The van der Waals surface area contributed by atoms with E-state index >= 15 is 0 Å². The van der Waals surface area contributed by atoms with E-state index in [-0.39, 0.29) is 45.9 Å². The smallest absolute Gasteiger partial charge is 0.411 e. The maximum absolute atomic E-state index is 14.1. The molecule has 2 unspecified atom stereocenters. The van der Waals surface area contributed by atoms with Crippen LogP contribution in [-0.2, 0) is 30.7 Å². The molecule has 1 aromatic carbocycles. The maximum Gasteiger partial charge on any atom is 0.411 e. The Bertz CT molecular complexity index is 1320. The Balaban J connectivity index is 2.81. The summed E-state index contributed by atoms with van der Waals surface area (Å²) < 4.78 is 53.5. The van der Waals surface area contributed by atoms with Crippen molar-refractivity contribution in [2.45, 2.75) is 83.3 Å². The van der Waals surface area contributed by atoms with E-state index in [1.54, 1.807) is 0 Å². The minimum absolute atomic E-state index is 0.0475. The third-order valence-electron chi connectivity index (χ3n) is 5.95. The first-order valence-corrected chi connectivity index (χ1v) is 18.9. The Morgan fingerprint density at radius 1 is 1.20 bits per heavy atom. The summed E-state index contributed by atoms with van der Waals surface area (Å²) in [6.07, 6.45) is -0.907. The van der Waals surface area contributed by atoms with Gasteiger partial charge in [-0.2, -0.15) is 0 Å². The second-order valence-electron chi connectivity index (χ2n) is 11.3. The zero-order chi connectivity index (χ0) is 30.6. The number of amides is 1.